The van der Waals surface area contributed by atoms with E-state index in [0.29, 0.717) is 12.2 Å². The quantitative estimate of drug-likeness (QED) is 0.277. The van der Waals surface area contributed by atoms with Crippen molar-refractivity contribution in [2.45, 2.75) is 71.6 Å². The fourth-order valence-corrected chi connectivity index (χ4v) is 24.9. The maximum Gasteiger partial charge on any atom is 0.333 e. The van der Waals surface area contributed by atoms with Crippen LogP contribution in [-0.4, -0.2) is 46.8 Å². The number of carbonyl (C=O) groups is 1. The molecular formula is C15H34O6Si4. The lowest BCUT2D eigenvalue weighted by Gasteiger charge is -2.47. The molecule has 0 unspecified atom stereocenters. The van der Waals surface area contributed by atoms with E-state index >= 15 is 0 Å². The lowest BCUT2D eigenvalue weighted by Crippen LogP contribution is -2.65. The van der Waals surface area contributed by atoms with Crippen molar-refractivity contribution in [1.29, 1.82) is 0 Å². The van der Waals surface area contributed by atoms with Gasteiger partial charge >= 0.3 is 40.2 Å². The Morgan fingerprint density at radius 2 is 1.28 bits per heavy atom. The van der Waals surface area contributed by atoms with Crippen LogP contribution in [0.1, 0.15) is 19.8 Å². The van der Waals surface area contributed by atoms with Crippen molar-refractivity contribution in [1.82, 2.24) is 0 Å². The highest BCUT2D eigenvalue weighted by Gasteiger charge is 2.52. The van der Waals surface area contributed by atoms with Gasteiger partial charge in [0.15, 0.2) is 0 Å². The molecule has 0 spiro atoms. The Balaban J connectivity index is 2.66. The van der Waals surface area contributed by atoms with Gasteiger partial charge in [0, 0.05) is 5.57 Å². The summed E-state index contributed by atoms with van der Waals surface area (Å²) in [5.41, 5.74) is 0.426. The van der Waals surface area contributed by atoms with E-state index in [0.717, 1.165) is 18.9 Å². The van der Waals surface area contributed by atoms with Crippen LogP contribution in [0.25, 0.3) is 0 Å². The van der Waals surface area contributed by atoms with E-state index in [4.69, 9.17) is 21.2 Å². The van der Waals surface area contributed by atoms with Crippen LogP contribution in [0.4, 0.5) is 0 Å². The molecule has 0 amide bonds. The van der Waals surface area contributed by atoms with Crippen LogP contribution < -0.4 is 0 Å². The fourth-order valence-electron chi connectivity index (χ4n) is 3.25. The molecule has 0 N–H and O–H groups in total. The van der Waals surface area contributed by atoms with E-state index in [9.17, 15) is 4.79 Å². The number of carbonyl (C=O) groups excluding carboxylic acids is 1. The van der Waals surface area contributed by atoms with Gasteiger partial charge in [0.2, 0.25) is 0 Å². The van der Waals surface area contributed by atoms with Gasteiger partial charge in [-0.05, 0) is 71.6 Å². The zero-order chi connectivity index (χ0) is 19.5. The Labute approximate surface area is 156 Å². The van der Waals surface area contributed by atoms with E-state index in [1.807, 2.05) is 0 Å². The topological polar surface area (TPSA) is 63.2 Å². The first-order valence-corrected chi connectivity index (χ1v) is 19.8. The second kappa shape index (κ2) is 8.29. The molecule has 0 atom stereocenters. The number of rotatable bonds is 6. The highest BCUT2D eigenvalue weighted by atomic mass is 28.5. The van der Waals surface area contributed by atoms with Crippen LogP contribution >= 0.6 is 0 Å². The molecule has 10 heteroatoms. The van der Waals surface area contributed by atoms with Gasteiger partial charge in [-0.15, -0.1) is 0 Å². The molecule has 1 saturated heterocycles. The lowest BCUT2D eigenvalue weighted by molar-refractivity contribution is -0.139. The Hall–Kier alpha value is -0.0825. The van der Waals surface area contributed by atoms with Crippen LogP contribution in [0.2, 0.25) is 51.9 Å². The molecule has 0 bridgehead atoms. The van der Waals surface area contributed by atoms with Crippen molar-refractivity contribution in [3.63, 3.8) is 0 Å². The summed E-state index contributed by atoms with van der Waals surface area (Å²) >= 11 is 0. The van der Waals surface area contributed by atoms with Crippen LogP contribution in [0.3, 0.4) is 0 Å². The molecule has 1 rings (SSSR count). The molecule has 1 fully saturated rings. The van der Waals surface area contributed by atoms with Crippen LogP contribution in [0.5, 0.6) is 0 Å². The average Bonchev–Trinajstić information content (AvgIpc) is 2.31. The predicted octanol–water partition coefficient (Wildman–Crippen LogP) is 4.14. The third-order valence-electron chi connectivity index (χ3n) is 3.51. The first kappa shape index (κ1) is 23.0. The van der Waals surface area contributed by atoms with E-state index in [1.54, 1.807) is 6.92 Å². The molecule has 1 heterocycles. The van der Waals surface area contributed by atoms with Crippen molar-refractivity contribution in [2.24, 2.45) is 0 Å². The van der Waals surface area contributed by atoms with Crippen molar-refractivity contribution < 1.29 is 26.0 Å². The van der Waals surface area contributed by atoms with Crippen LogP contribution in [0.15, 0.2) is 12.2 Å². The molecule has 1 aliphatic heterocycles. The van der Waals surface area contributed by atoms with Gasteiger partial charge in [-0.25, -0.2) is 4.79 Å². The monoisotopic (exact) mass is 422 g/mol. The third kappa shape index (κ3) is 8.43. The molecule has 0 aromatic heterocycles. The summed E-state index contributed by atoms with van der Waals surface area (Å²) in [6, 6.07) is 0.833. The molecule has 0 saturated carbocycles. The molecule has 25 heavy (non-hydrogen) atoms. The molecule has 0 radical (unpaired) electrons. The Morgan fingerprint density at radius 1 is 0.840 bits per heavy atom. The molecule has 0 aliphatic carbocycles. The highest BCUT2D eigenvalue weighted by Crippen LogP contribution is 2.33. The zero-order valence-corrected chi connectivity index (χ0v) is 21.0. The molecular weight excluding hydrogens is 389 g/mol. The van der Waals surface area contributed by atoms with E-state index < -0.39 is 34.2 Å². The first-order chi connectivity index (χ1) is 11.2. The summed E-state index contributed by atoms with van der Waals surface area (Å²) in [4.78, 5) is 11.4. The Morgan fingerprint density at radius 3 is 1.72 bits per heavy atom. The van der Waals surface area contributed by atoms with Crippen molar-refractivity contribution in [3.8, 4) is 0 Å². The number of hydrogen-bond donors (Lipinski definition) is 0. The van der Waals surface area contributed by atoms with Gasteiger partial charge in [0.25, 0.3) is 0 Å². The minimum absolute atomic E-state index is 0.335. The summed E-state index contributed by atoms with van der Waals surface area (Å²) in [7, 11) is -9.28. The van der Waals surface area contributed by atoms with Gasteiger partial charge in [-0.3, -0.25) is 0 Å². The largest absolute Gasteiger partial charge is 0.462 e. The van der Waals surface area contributed by atoms with Crippen LogP contribution in [-0.2, 0) is 26.0 Å². The summed E-state index contributed by atoms with van der Waals surface area (Å²) in [5.74, 6) is -0.335. The molecule has 0 aromatic rings. The minimum atomic E-state index is -2.41. The second-order valence-electron chi connectivity index (χ2n) is 8.11. The smallest absolute Gasteiger partial charge is 0.333 e. The predicted molar refractivity (Wildman–Crippen MR) is 108 cm³/mol. The summed E-state index contributed by atoms with van der Waals surface area (Å²) in [6.07, 6.45) is 1.65. The van der Waals surface area contributed by atoms with Gasteiger partial charge in [0.05, 0.1) is 6.61 Å². The van der Waals surface area contributed by atoms with Gasteiger partial charge in [-0.1, -0.05) is 6.58 Å². The summed E-state index contributed by atoms with van der Waals surface area (Å²) in [6.45, 7) is 20.1. The molecule has 0 aromatic carbocycles. The Bertz CT molecular complexity index is 484. The standard InChI is InChI=1S/C15H34O6Si4/c1-14(2)15(16)17-12-10-11-13-25(9)20-23(5,6)18-22(3,4)19-24(7,8)21-25/h1,10-13H2,2-9H3. The fraction of sp³-hybridized carbons (Fsp3) is 0.800. The summed E-state index contributed by atoms with van der Waals surface area (Å²) in [5, 5.41) is 0. The maximum absolute atomic E-state index is 11.4. The van der Waals surface area contributed by atoms with Crippen molar-refractivity contribution in [3.05, 3.63) is 12.2 Å². The van der Waals surface area contributed by atoms with Crippen LogP contribution in [0, 0.1) is 0 Å². The number of ether oxygens (including phenoxy) is 1. The van der Waals surface area contributed by atoms with E-state index in [1.165, 1.54) is 0 Å². The van der Waals surface area contributed by atoms with Gasteiger partial charge in [0.1, 0.15) is 0 Å². The van der Waals surface area contributed by atoms with Gasteiger partial charge < -0.3 is 21.2 Å². The van der Waals surface area contributed by atoms with E-state index in [-0.39, 0.29) is 5.97 Å². The maximum atomic E-state index is 11.4. The molecule has 1 aliphatic rings. The molecule has 6 nitrogen and oxygen atoms in total. The second-order valence-corrected chi connectivity index (χ2v) is 22.5. The number of hydrogen-bond acceptors (Lipinski definition) is 6. The van der Waals surface area contributed by atoms with Crippen molar-refractivity contribution in [2.75, 3.05) is 6.61 Å². The van der Waals surface area contributed by atoms with Gasteiger partial charge in [-0.2, -0.15) is 0 Å². The minimum Gasteiger partial charge on any atom is -0.462 e. The Kier molecular flexibility index (Phi) is 7.62. The normalized spacial score (nSPS) is 24.0. The SMILES string of the molecule is C=C(C)C(=O)OCCCC[Si]1(C)O[Si](C)(C)O[Si](C)(C)O[Si](C)(C)O1. The first-order valence-electron chi connectivity index (χ1n) is 8.79. The van der Waals surface area contributed by atoms with E-state index in [2.05, 4.69) is 52.4 Å². The average molecular weight is 423 g/mol. The number of unbranched alkanes of at least 4 members (excludes halogenated alkanes) is 1. The lowest BCUT2D eigenvalue weighted by atomic mass is 10.3. The number of esters is 1. The van der Waals surface area contributed by atoms with Crippen molar-refractivity contribution >= 4 is 40.2 Å². The summed E-state index contributed by atoms with van der Waals surface area (Å²) < 4.78 is 30.8. The highest BCUT2D eigenvalue weighted by molar-refractivity contribution is 6.93. The third-order valence-corrected chi connectivity index (χ3v) is 20.0. The zero-order valence-electron chi connectivity index (χ0n) is 17.0. The molecule has 146 valence electrons.